The zero-order valence-corrected chi connectivity index (χ0v) is 16.0. The van der Waals surface area contributed by atoms with Gasteiger partial charge in [-0.3, -0.25) is 4.79 Å². The van der Waals surface area contributed by atoms with Gasteiger partial charge in [-0.2, -0.15) is 0 Å². The molecule has 0 spiro atoms. The van der Waals surface area contributed by atoms with Gasteiger partial charge >= 0.3 is 0 Å². The number of primary amides is 1. The van der Waals surface area contributed by atoms with Gasteiger partial charge in [0.25, 0.3) is 5.91 Å². The van der Waals surface area contributed by atoms with E-state index in [1.807, 2.05) is 0 Å². The van der Waals surface area contributed by atoms with Crippen molar-refractivity contribution in [1.82, 2.24) is 0 Å². The van der Waals surface area contributed by atoms with Crippen LogP contribution in [0.2, 0.25) is 0 Å². The summed E-state index contributed by atoms with van der Waals surface area (Å²) in [5.41, 5.74) is 14.2. The molecule has 0 saturated heterocycles. The Balaban J connectivity index is 2.08. The third-order valence-electron chi connectivity index (χ3n) is 4.28. The van der Waals surface area contributed by atoms with E-state index in [1.54, 1.807) is 30.4 Å². The van der Waals surface area contributed by atoms with Crippen LogP contribution in [0.25, 0.3) is 23.3 Å². The van der Waals surface area contributed by atoms with Crippen molar-refractivity contribution in [3.8, 4) is 11.1 Å². The summed E-state index contributed by atoms with van der Waals surface area (Å²) in [7, 11) is -3.83. The maximum Gasteiger partial charge on any atom is 0.250 e. The van der Waals surface area contributed by atoms with Gasteiger partial charge in [0.1, 0.15) is 5.82 Å². The molecule has 0 radical (unpaired) electrons. The van der Waals surface area contributed by atoms with Crippen molar-refractivity contribution in [1.29, 1.82) is 0 Å². The molecule has 0 unspecified atom stereocenters. The molecule has 0 aliphatic heterocycles. The molecular weight excluding hydrogens is 393 g/mol. The zero-order valence-electron chi connectivity index (χ0n) is 15.2. The van der Waals surface area contributed by atoms with Crippen LogP contribution in [0.1, 0.15) is 21.5 Å². The molecule has 0 aliphatic rings. The highest BCUT2D eigenvalue weighted by molar-refractivity contribution is 7.89. The molecule has 1 amide bonds. The standard InChI is InChI=1S/C21H18FN3O3S/c22-16-3-1-2-13(10-16)4-5-14-11-18(20(23)19(12-14)21(24)26)15-6-8-17(9-7-15)29(25,27)28/h1-12H,23H2,(H2,24,26)(H2,25,27,28). The first-order valence-electron chi connectivity index (χ1n) is 8.45. The highest BCUT2D eigenvalue weighted by Gasteiger charge is 2.14. The number of nitrogen functional groups attached to an aromatic ring is 1. The second kappa shape index (κ2) is 7.86. The number of hydrogen-bond acceptors (Lipinski definition) is 4. The van der Waals surface area contributed by atoms with E-state index in [1.165, 1.54) is 42.5 Å². The Morgan fingerprint density at radius 1 is 0.931 bits per heavy atom. The normalized spacial score (nSPS) is 11.7. The average molecular weight is 411 g/mol. The van der Waals surface area contributed by atoms with Crippen LogP contribution in [0.3, 0.4) is 0 Å². The van der Waals surface area contributed by atoms with Crippen LogP contribution < -0.4 is 16.6 Å². The smallest absolute Gasteiger partial charge is 0.250 e. The van der Waals surface area contributed by atoms with Crippen LogP contribution >= 0.6 is 0 Å². The van der Waals surface area contributed by atoms with Gasteiger partial charge in [-0.1, -0.05) is 36.4 Å². The third kappa shape index (κ3) is 4.68. The second-order valence-electron chi connectivity index (χ2n) is 6.35. The van der Waals surface area contributed by atoms with E-state index in [2.05, 4.69) is 0 Å². The Morgan fingerprint density at radius 2 is 1.59 bits per heavy atom. The van der Waals surface area contributed by atoms with Crippen LogP contribution in [-0.4, -0.2) is 14.3 Å². The number of carbonyl (C=O) groups is 1. The molecular formula is C21H18FN3O3S. The predicted molar refractivity (Wildman–Crippen MR) is 112 cm³/mol. The molecule has 3 rings (SSSR count). The number of benzene rings is 3. The maximum absolute atomic E-state index is 13.4. The largest absolute Gasteiger partial charge is 0.398 e. The predicted octanol–water partition coefficient (Wildman–Crippen LogP) is 2.99. The number of nitrogens with two attached hydrogens (primary N) is 3. The molecule has 0 aliphatic carbocycles. The van der Waals surface area contributed by atoms with Gasteiger partial charge in [-0.15, -0.1) is 0 Å². The molecule has 6 N–H and O–H groups in total. The molecule has 148 valence electrons. The van der Waals surface area contributed by atoms with Crippen molar-refractivity contribution in [2.24, 2.45) is 10.9 Å². The molecule has 29 heavy (non-hydrogen) atoms. The number of anilines is 1. The summed E-state index contributed by atoms with van der Waals surface area (Å²) < 4.78 is 36.2. The van der Waals surface area contributed by atoms with Crippen LogP contribution in [0.5, 0.6) is 0 Å². The monoisotopic (exact) mass is 411 g/mol. The second-order valence-corrected chi connectivity index (χ2v) is 7.91. The summed E-state index contributed by atoms with van der Waals surface area (Å²) in [6, 6.07) is 15.1. The molecule has 3 aromatic rings. The summed E-state index contributed by atoms with van der Waals surface area (Å²) >= 11 is 0. The van der Waals surface area contributed by atoms with Crippen LogP contribution in [-0.2, 0) is 10.0 Å². The first kappa shape index (κ1) is 20.2. The lowest BCUT2D eigenvalue weighted by Crippen LogP contribution is -2.14. The molecule has 0 bridgehead atoms. The number of carbonyl (C=O) groups excluding carboxylic acids is 1. The van der Waals surface area contributed by atoms with Crippen molar-refractivity contribution in [3.63, 3.8) is 0 Å². The lowest BCUT2D eigenvalue weighted by Gasteiger charge is -2.12. The van der Waals surface area contributed by atoms with E-state index >= 15 is 0 Å². The van der Waals surface area contributed by atoms with Crippen molar-refractivity contribution >= 4 is 33.8 Å². The summed E-state index contributed by atoms with van der Waals surface area (Å²) in [6.45, 7) is 0. The van der Waals surface area contributed by atoms with E-state index in [0.29, 0.717) is 22.3 Å². The first-order valence-corrected chi connectivity index (χ1v) is 10.00. The van der Waals surface area contributed by atoms with Crippen molar-refractivity contribution < 1.29 is 17.6 Å². The molecule has 6 nitrogen and oxygen atoms in total. The number of primary sulfonamides is 1. The number of amides is 1. The minimum absolute atomic E-state index is 0.0444. The summed E-state index contributed by atoms with van der Waals surface area (Å²) in [5, 5.41) is 5.12. The highest BCUT2D eigenvalue weighted by Crippen LogP contribution is 2.31. The Bertz CT molecular complexity index is 1220. The van der Waals surface area contributed by atoms with Gasteiger partial charge in [-0.05, 0) is 53.1 Å². The summed E-state index contributed by atoms with van der Waals surface area (Å²) in [5.74, 6) is -1.07. The summed E-state index contributed by atoms with van der Waals surface area (Å²) in [6.07, 6.45) is 3.39. The number of halogens is 1. The van der Waals surface area contributed by atoms with Crippen molar-refractivity contribution in [2.45, 2.75) is 4.90 Å². The molecule has 0 saturated carbocycles. The van der Waals surface area contributed by atoms with Gasteiger partial charge in [0.05, 0.1) is 16.1 Å². The van der Waals surface area contributed by atoms with Gasteiger partial charge in [0.2, 0.25) is 10.0 Å². The van der Waals surface area contributed by atoms with Crippen molar-refractivity contribution in [3.05, 3.63) is 83.2 Å². The Morgan fingerprint density at radius 3 is 2.17 bits per heavy atom. The van der Waals surface area contributed by atoms with Gasteiger partial charge < -0.3 is 11.5 Å². The molecule has 0 fully saturated rings. The molecule has 0 atom stereocenters. The van der Waals surface area contributed by atoms with E-state index in [9.17, 15) is 17.6 Å². The highest BCUT2D eigenvalue weighted by atomic mass is 32.2. The fourth-order valence-corrected chi connectivity index (χ4v) is 3.36. The summed E-state index contributed by atoms with van der Waals surface area (Å²) in [4.78, 5) is 11.8. The fourth-order valence-electron chi connectivity index (χ4n) is 2.84. The first-order chi connectivity index (χ1) is 13.6. The Labute approximate surface area is 167 Å². The van der Waals surface area contributed by atoms with Crippen molar-refractivity contribution in [2.75, 3.05) is 5.73 Å². The maximum atomic E-state index is 13.4. The third-order valence-corrected chi connectivity index (χ3v) is 5.21. The zero-order chi connectivity index (χ0) is 21.2. The topological polar surface area (TPSA) is 129 Å². The molecule has 3 aromatic carbocycles. The average Bonchev–Trinajstić information content (AvgIpc) is 2.66. The van der Waals surface area contributed by atoms with Crippen LogP contribution in [0.15, 0.2) is 65.6 Å². The minimum Gasteiger partial charge on any atom is -0.398 e. The molecule has 8 heteroatoms. The lowest BCUT2D eigenvalue weighted by molar-refractivity contribution is 0.100. The van der Waals surface area contributed by atoms with E-state index in [4.69, 9.17) is 16.6 Å². The lowest BCUT2D eigenvalue weighted by atomic mass is 9.96. The van der Waals surface area contributed by atoms with Crippen LogP contribution in [0.4, 0.5) is 10.1 Å². The SMILES string of the molecule is NC(=O)c1cc(C=Cc2cccc(F)c2)cc(-c2ccc(S(N)(=O)=O)cc2)c1N. The molecule has 0 heterocycles. The Hall–Kier alpha value is -3.49. The van der Waals surface area contributed by atoms with E-state index in [0.717, 1.165) is 0 Å². The quantitative estimate of drug-likeness (QED) is 0.440. The van der Waals surface area contributed by atoms with E-state index < -0.39 is 15.9 Å². The van der Waals surface area contributed by atoms with E-state index in [-0.39, 0.29) is 22.0 Å². The Kier molecular flexibility index (Phi) is 5.49. The van der Waals surface area contributed by atoms with Gasteiger partial charge in [0, 0.05) is 5.56 Å². The number of sulfonamides is 1. The van der Waals surface area contributed by atoms with Crippen LogP contribution in [0, 0.1) is 5.82 Å². The minimum atomic E-state index is -3.83. The van der Waals surface area contributed by atoms with Gasteiger partial charge in [-0.25, -0.2) is 17.9 Å². The fraction of sp³-hybridized carbons (Fsp3) is 0. The number of hydrogen-bond donors (Lipinski definition) is 3. The number of rotatable bonds is 5. The van der Waals surface area contributed by atoms with Gasteiger partial charge in [0.15, 0.2) is 0 Å². The molecule has 0 aromatic heterocycles.